The van der Waals surface area contributed by atoms with Gasteiger partial charge in [-0.15, -0.1) is 0 Å². The average molecular weight is 426 g/mol. The van der Waals surface area contributed by atoms with E-state index in [0.717, 1.165) is 19.3 Å². The Hall–Kier alpha value is -1.59. The Kier molecular flexibility index (Phi) is 12.3. The fourth-order valence-corrected chi connectivity index (χ4v) is 2.88. The van der Waals surface area contributed by atoms with E-state index in [1.807, 2.05) is 6.92 Å². The molecule has 1 rings (SSSR count). The predicted octanol–water partition coefficient (Wildman–Crippen LogP) is 5.23. The van der Waals surface area contributed by atoms with Gasteiger partial charge in [0.2, 0.25) is 17.7 Å². The molecule has 6 nitrogen and oxygen atoms in total. The highest BCUT2D eigenvalue weighted by molar-refractivity contribution is 5.82. The lowest BCUT2D eigenvalue weighted by molar-refractivity contribution is -0.159. The van der Waals surface area contributed by atoms with Crippen LogP contribution in [-0.4, -0.2) is 52.4 Å². The first kappa shape index (κ1) is 28.4. The third kappa shape index (κ3) is 12.2. The monoisotopic (exact) mass is 425 g/mol. The van der Waals surface area contributed by atoms with Crippen LogP contribution in [0.4, 0.5) is 0 Å². The smallest absolute Gasteiger partial charge is 0.225 e. The summed E-state index contributed by atoms with van der Waals surface area (Å²) in [7, 11) is 0. The maximum atomic E-state index is 12.7. The van der Waals surface area contributed by atoms with Crippen molar-refractivity contribution in [1.82, 2.24) is 14.7 Å². The lowest BCUT2D eigenvalue weighted by Gasteiger charge is -2.42. The van der Waals surface area contributed by atoms with E-state index >= 15 is 0 Å². The van der Waals surface area contributed by atoms with Crippen molar-refractivity contribution >= 4 is 17.7 Å². The third-order valence-electron chi connectivity index (χ3n) is 4.72. The van der Waals surface area contributed by atoms with Crippen LogP contribution in [0.3, 0.4) is 0 Å². The highest BCUT2D eigenvalue weighted by Gasteiger charge is 2.32. The van der Waals surface area contributed by atoms with E-state index in [1.54, 1.807) is 14.7 Å². The van der Waals surface area contributed by atoms with Gasteiger partial charge in [0.05, 0.1) is 20.0 Å². The van der Waals surface area contributed by atoms with Gasteiger partial charge in [-0.2, -0.15) is 0 Å². The maximum absolute atomic E-state index is 12.7. The molecule has 1 saturated heterocycles. The van der Waals surface area contributed by atoms with Crippen LogP contribution in [-0.2, 0) is 14.4 Å². The third-order valence-corrected chi connectivity index (χ3v) is 4.72. The average Bonchev–Trinajstić information content (AvgIpc) is 2.63. The molecule has 30 heavy (non-hydrogen) atoms. The summed E-state index contributed by atoms with van der Waals surface area (Å²) in [6.07, 6.45) is 4.87. The van der Waals surface area contributed by atoms with E-state index < -0.39 is 0 Å². The molecule has 1 aliphatic heterocycles. The first-order chi connectivity index (χ1) is 13.7. The summed E-state index contributed by atoms with van der Waals surface area (Å²) in [6.45, 7) is 19.7. The standard InChI is InChI=1S/C21H39N3O3.C3H8/c1-8-9-17(25)22-14-23(18(26)10-12-20(2,3)4)16-24(15-22)19(27)11-13-21(5,6)7;1-3-2/h8-16H2,1-7H3;3H2,1-2H3. The normalized spacial score (nSPS) is 14.9. The van der Waals surface area contributed by atoms with Gasteiger partial charge in [0.25, 0.3) is 0 Å². The molecule has 0 aromatic rings. The number of amides is 3. The molecule has 1 fully saturated rings. The second kappa shape index (κ2) is 13.0. The van der Waals surface area contributed by atoms with Crippen LogP contribution in [0.25, 0.3) is 0 Å². The zero-order chi connectivity index (χ0) is 23.5. The van der Waals surface area contributed by atoms with Crippen LogP contribution in [0.15, 0.2) is 0 Å². The van der Waals surface area contributed by atoms with Crippen molar-refractivity contribution in [2.45, 2.75) is 107 Å². The molecule has 0 aromatic carbocycles. The minimum Gasteiger partial charge on any atom is -0.307 e. The summed E-state index contributed by atoms with van der Waals surface area (Å²) < 4.78 is 0. The Morgan fingerprint density at radius 1 is 0.600 bits per heavy atom. The summed E-state index contributed by atoms with van der Waals surface area (Å²) in [6, 6.07) is 0. The number of carbonyl (C=O) groups excluding carboxylic acids is 3. The number of rotatable bonds is 6. The van der Waals surface area contributed by atoms with Crippen molar-refractivity contribution in [2.24, 2.45) is 10.8 Å². The molecular weight excluding hydrogens is 378 g/mol. The Bertz CT molecular complexity index is 509. The van der Waals surface area contributed by atoms with E-state index in [1.165, 1.54) is 6.42 Å². The lowest BCUT2D eigenvalue weighted by Crippen LogP contribution is -2.59. The first-order valence-electron chi connectivity index (χ1n) is 11.6. The minimum atomic E-state index is -0.000516. The number of carbonyl (C=O) groups is 3. The summed E-state index contributed by atoms with van der Waals surface area (Å²) >= 11 is 0. The topological polar surface area (TPSA) is 60.9 Å². The van der Waals surface area contributed by atoms with Gasteiger partial charge in [-0.25, -0.2) is 0 Å². The van der Waals surface area contributed by atoms with E-state index in [4.69, 9.17) is 0 Å². The van der Waals surface area contributed by atoms with Gasteiger partial charge in [0.15, 0.2) is 0 Å². The molecule has 0 unspecified atom stereocenters. The van der Waals surface area contributed by atoms with E-state index in [9.17, 15) is 14.4 Å². The highest BCUT2D eigenvalue weighted by Crippen LogP contribution is 2.24. The van der Waals surface area contributed by atoms with Crippen molar-refractivity contribution in [2.75, 3.05) is 20.0 Å². The van der Waals surface area contributed by atoms with Gasteiger partial charge in [0, 0.05) is 19.3 Å². The van der Waals surface area contributed by atoms with Crippen LogP contribution in [0.5, 0.6) is 0 Å². The van der Waals surface area contributed by atoms with Crippen molar-refractivity contribution in [1.29, 1.82) is 0 Å². The highest BCUT2D eigenvalue weighted by atomic mass is 16.2. The second-order valence-corrected chi connectivity index (χ2v) is 10.8. The molecule has 176 valence electrons. The molecule has 3 amide bonds. The van der Waals surface area contributed by atoms with Crippen LogP contribution in [0.1, 0.15) is 107 Å². The van der Waals surface area contributed by atoms with Crippen molar-refractivity contribution < 1.29 is 14.4 Å². The molecule has 0 aliphatic carbocycles. The Morgan fingerprint density at radius 3 is 1.10 bits per heavy atom. The van der Waals surface area contributed by atoms with Crippen molar-refractivity contribution in [3.05, 3.63) is 0 Å². The summed E-state index contributed by atoms with van der Waals surface area (Å²) in [5, 5.41) is 0. The molecule has 0 bridgehead atoms. The van der Waals surface area contributed by atoms with Crippen LogP contribution >= 0.6 is 0 Å². The SMILES string of the molecule is CCC.CCCC(=O)N1CN(C(=O)CCC(C)(C)C)CN(C(=O)CCC(C)(C)C)C1. The zero-order valence-corrected chi connectivity index (χ0v) is 21.1. The minimum absolute atomic E-state index is 0.000516. The number of nitrogens with zero attached hydrogens (tertiary/aromatic N) is 3. The molecular formula is C24H47N3O3. The maximum Gasteiger partial charge on any atom is 0.225 e. The molecule has 0 saturated carbocycles. The van der Waals surface area contributed by atoms with Crippen LogP contribution < -0.4 is 0 Å². The van der Waals surface area contributed by atoms with Gasteiger partial charge < -0.3 is 14.7 Å². The first-order valence-corrected chi connectivity index (χ1v) is 11.6. The Labute approximate surface area is 185 Å². The molecule has 0 atom stereocenters. The number of hydrogen-bond acceptors (Lipinski definition) is 3. The van der Waals surface area contributed by atoms with Gasteiger partial charge in [-0.05, 0) is 30.1 Å². The van der Waals surface area contributed by atoms with Crippen LogP contribution in [0, 0.1) is 10.8 Å². The fraction of sp³-hybridized carbons (Fsp3) is 0.875. The lowest BCUT2D eigenvalue weighted by atomic mass is 9.90. The van der Waals surface area contributed by atoms with E-state index in [2.05, 4.69) is 55.4 Å². The molecule has 1 heterocycles. The quantitative estimate of drug-likeness (QED) is 0.585. The van der Waals surface area contributed by atoms with Crippen LogP contribution in [0.2, 0.25) is 0 Å². The van der Waals surface area contributed by atoms with E-state index in [-0.39, 0.29) is 48.6 Å². The molecule has 0 aromatic heterocycles. The van der Waals surface area contributed by atoms with Crippen molar-refractivity contribution in [3.8, 4) is 0 Å². The molecule has 0 N–H and O–H groups in total. The largest absolute Gasteiger partial charge is 0.307 e. The zero-order valence-electron chi connectivity index (χ0n) is 21.1. The Balaban J connectivity index is 0.00000263. The fourth-order valence-electron chi connectivity index (χ4n) is 2.88. The van der Waals surface area contributed by atoms with Gasteiger partial charge in [-0.1, -0.05) is 68.7 Å². The summed E-state index contributed by atoms with van der Waals surface area (Å²) in [5.74, 6) is 0.0135. The molecule has 0 spiro atoms. The molecule has 6 heteroatoms. The van der Waals surface area contributed by atoms with Gasteiger partial charge in [0.1, 0.15) is 0 Å². The summed E-state index contributed by atoms with van der Waals surface area (Å²) in [4.78, 5) is 42.8. The molecule has 1 aliphatic rings. The predicted molar refractivity (Wildman–Crippen MR) is 123 cm³/mol. The van der Waals surface area contributed by atoms with Gasteiger partial charge >= 0.3 is 0 Å². The van der Waals surface area contributed by atoms with Crippen molar-refractivity contribution in [3.63, 3.8) is 0 Å². The second-order valence-electron chi connectivity index (χ2n) is 10.8. The van der Waals surface area contributed by atoms with Gasteiger partial charge in [-0.3, -0.25) is 14.4 Å². The molecule has 0 radical (unpaired) electrons. The summed E-state index contributed by atoms with van der Waals surface area (Å²) in [5.41, 5.74) is 0.150. The number of hydrogen-bond donors (Lipinski definition) is 0. The Morgan fingerprint density at radius 2 is 0.867 bits per heavy atom. The van der Waals surface area contributed by atoms with E-state index in [0.29, 0.717) is 19.3 Å².